The third-order valence-corrected chi connectivity index (χ3v) is 6.77. The lowest BCUT2D eigenvalue weighted by Crippen LogP contribution is -2.51. The first-order valence-electron chi connectivity index (χ1n) is 9.29. The average molecular weight is 453 g/mol. The number of halogens is 3. The topological polar surface area (TPSA) is 58.1 Å². The van der Waals surface area contributed by atoms with Gasteiger partial charge in [0.25, 0.3) is 0 Å². The maximum atomic E-state index is 13.1. The molecule has 4 rings (SSSR count). The number of aryl methyl sites for hydroxylation is 2. The van der Waals surface area contributed by atoms with Crippen LogP contribution in [0, 0.1) is 19.8 Å². The Labute approximate surface area is 179 Å². The molecular formula is C20H19F3N4OS2. The summed E-state index contributed by atoms with van der Waals surface area (Å²) in [7, 11) is 0. The van der Waals surface area contributed by atoms with Gasteiger partial charge in [0, 0.05) is 25.0 Å². The minimum atomic E-state index is -4.38. The molecule has 3 aromatic rings. The molecule has 1 aliphatic rings. The molecule has 1 fully saturated rings. The Bertz CT molecular complexity index is 1070. The van der Waals surface area contributed by atoms with Crippen molar-refractivity contribution < 1.29 is 18.0 Å². The van der Waals surface area contributed by atoms with Crippen LogP contribution in [0.3, 0.4) is 0 Å². The number of nitrogens with zero attached hydrogens (tertiary/aromatic N) is 3. The van der Waals surface area contributed by atoms with E-state index in [0.29, 0.717) is 18.2 Å². The summed E-state index contributed by atoms with van der Waals surface area (Å²) in [6, 6.07) is 5.55. The molecule has 0 aliphatic carbocycles. The molecule has 5 nitrogen and oxygen atoms in total. The second kappa shape index (κ2) is 8.09. The summed E-state index contributed by atoms with van der Waals surface area (Å²) in [5.41, 5.74) is 1.30. The third kappa shape index (κ3) is 4.40. The number of anilines is 1. The van der Waals surface area contributed by atoms with E-state index < -0.39 is 11.7 Å². The highest BCUT2D eigenvalue weighted by Crippen LogP contribution is 2.34. The fourth-order valence-electron chi connectivity index (χ4n) is 3.45. The van der Waals surface area contributed by atoms with Gasteiger partial charge in [-0.2, -0.15) is 13.2 Å². The van der Waals surface area contributed by atoms with Crippen LogP contribution in [0.15, 0.2) is 29.6 Å². The number of carbonyl (C=O) groups excluding carboxylic acids is 1. The van der Waals surface area contributed by atoms with E-state index in [0.717, 1.165) is 27.3 Å². The number of aromatic nitrogens is 2. The normalized spacial score (nSPS) is 15.2. The summed E-state index contributed by atoms with van der Waals surface area (Å²) in [6.07, 6.45) is -4.38. The summed E-state index contributed by atoms with van der Waals surface area (Å²) in [5, 5.41) is 6.19. The Balaban J connectivity index is 1.33. The Kier molecular flexibility index (Phi) is 5.65. The molecule has 2 aromatic heterocycles. The Morgan fingerprint density at radius 3 is 2.63 bits per heavy atom. The monoisotopic (exact) mass is 452 g/mol. The molecule has 3 heterocycles. The van der Waals surface area contributed by atoms with Gasteiger partial charge in [-0.25, -0.2) is 9.97 Å². The zero-order valence-corrected chi connectivity index (χ0v) is 17.9. The molecular weight excluding hydrogens is 433 g/mol. The maximum absolute atomic E-state index is 13.1. The van der Waals surface area contributed by atoms with Crippen molar-refractivity contribution in [3.05, 3.63) is 51.5 Å². The summed E-state index contributed by atoms with van der Waals surface area (Å²) in [4.78, 5) is 24.2. The maximum Gasteiger partial charge on any atom is 0.416 e. The van der Waals surface area contributed by atoms with E-state index >= 15 is 0 Å². The van der Waals surface area contributed by atoms with E-state index in [4.69, 9.17) is 0 Å². The third-order valence-electron chi connectivity index (χ3n) is 4.92. The van der Waals surface area contributed by atoms with Crippen molar-refractivity contribution in [2.24, 2.45) is 5.92 Å². The Morgan fingerprint density at radius 2 is 1.97 bits per heavy atom. The lowest BCUT2D eigenvalue weighted by Gasteiger charge is -2.38. The lowest BCUT2D eigenvalue weighted by atomic mass is 9.97. The fourth-order valence-corrected chi connectivity index (χ4v) is 5.11. The number of rotatable bonds is 5. The number of hydrogen-bond acceptors (Lipinski definition) is 6. The minimum absolute atomic E-state index is 0.159. The van der Waals surface area contributed by atoms with Crippen LogP contribution < -0.4 is 5.32 Å². The number of alkyl halides is 3. The molecule has 1 N–H and O–H groups in total. The lowest BCUT2D eigenvalue weighted by molar-refractivity contribution is -0.139. The fraction of sp³-hybridized carbons (Fsp3) is 0.350. The van der Waals surface area contributed by atoms with Gasteiger partial charge < -0.3 is 5.32 Å². The largest absolute Gasteiger partial charge is 0.416 e. The van der Waals surface area contributed by atoms with Crippen LogP contribution in [0.4, 0.5) is 18.3 Å². The molecule has 1 amide bonds. The van der Waals surface area contributed by atoms with Crippen molar-refractivity contribution in [1.29, 1.82) is 0 Å². The molecule has 10 heteroatoms. The van der Waals surface area contributed by atoms with Crippen LogP contribution in [0.25, 0.3) is 10.6 Å². The SMILES string of the molecule is Cc1nc(C)c(-c2csc(NC(=O)C3CN(Cc4ccccc4C(F)(F)F)C3)n2)s1. The van der Waals surface area contributed by atoms with Gasteiger partial charge in [-0.1, -0.05) is 18.2 Å². The molecule has 1 saturated heterocycles. The Hall–Kier alpha value is -2.30. The second-order valence-electron chi connectivity index (χ2n) is 7.22. The molecule has 0 radical (unpaired) electrons. The molecule has 0 unspecified atom stereocenters. The van der Waals surface area contributed by atoms with E-state index in [1.54, 1.807) is 17.4 Å². The van der Waals surface area contributed by atoms with Crippen molar-refractivity contribution in [2.45, 2.75) is 26.6 Å². The van der Waals surface area contributed by atoms with E-state index in [1.807, 2.05) is 24.1 Å². The number of amides is 1. The van der Waals surface area contributed by atoms with Gasteiger partial charge in [-0.05, 0) is 25.5 Å². The molecule has 1 aliphatic heterocycles. The summed E-state index contributed by atoms with van der Waals surface area (Å²) >= 11 is 2.91. The molecule has 0 bridgehead atoms. The van der Waals surface area contributed by atoms with Gasteiger partial charge in [0.1, 0.15) is 0 Å². The predicted octanol–water partition coefficient (Wildman–Crippen LogP) is 4.97. The molecule has 1 aromatic carbocycles. The second-order valence-corrected chi connectivity index (χ2v) is 9.28. The van der Waals surface area contributed by atoms with E-state index in [1.165, 1.54) is 23.5 Å². The van der Waals surface area contributed by atoms with Gasteiger partial charge >= 0.3 is 6.18 Å². The van der Waals surface area contributed by atoms with Crippen molar-refractivity contribution in [3.8, 4) is 10.6 Å². The van der Waals surface area contributed by atoms with E-state index in [9.17, 15) is 18.0 Å². The van der Waals surface area contributed by atoms with Crippen molar-refractivity contribution in [2.75, 3.05) is 18.4 Å². The quantitative estimate of drug-likeness (QED) is 0.594. The first-order chi connectivity index (χ1) is 14.2. The average Bonchev–Trinajstić information content (AvgIpc) is 3.22. The van der Waals surface area contributed by atoms with Gasteiger partial charge in [0.2, 0.25) is 5.91 Å². The van der Waals surface area contributed by atoms with Crippen LogP contribution in [-0.2, 0) is 17.5 Å². The summed E-state index contributed by atoms with van der Waals surface area (Å²) in [6.45, 7) is 4.87. The predicted molar refractivity (Wildman–Crippen MR) is 112 cm³/mol. The number of carbonyl (C=O) groups is 1. The summed E-state index contributed by atoms with van der Waals surface area (Å²) < 4.78 is 39.4. The Morgan fingerprint density at radius 1 is 1.23 bits per heavy atom. The summed E-state index contributed by atoms with van der Waals surface area (Å²) in [5.74, 6) is -0.420. The number of nitrogens with one attached hydrogen (secondary N) is 1. The van der Waals surface area contributed by atoms with Gasteiger partial charge in [0.05, 0.1) is 32.8 Å². The molecule has 30 heavy (non-hydrogen) atoms. The van der Waals surface area contributed by atoms with Crippen LogP contribution >= 0.6 is 22.7 Å². The smallest absolute Gasteiger partial charge is 0.302 e. The van der Waals surface area contributed by atoms with E-state index in [-0.39, 0.29) is 23.9 Å². The van der Waals surface area contributed by atoms with Gasteiger partial charge in [-0.15, -0.1) is 22.7 Å². The highest BCUT2D eigenvalue weighted by atomic mass is 32.1. The standard InChI is InChI=1S/C20H19F3N4OS2/c1-11-17(30-12(2)24-11)16-10-29-19(25-16)26-18(28)14-8-27(9-14)7-13-5-3-4-6-15(13)20(21,22)23/h3-6,10,14H,7-9H2,1-2H3,(H,25,26,28). The molecule has 158 valence electrons. The molecule has 0 saturated carbocycles. The van der Waals surface area contributed by atoms with Crippen molar-refractivity contribution in [1.82, 2.24) is 14.9 Å². The minimum Gasteiger partial charge on any atom is -0.302 e. The number of likely N-dealkylation sites (tertiary alicyclic amines) is 1. The highest BCUT2D eigenvalue weighted by Gasteiger charge is 2.36. The zero-order chi connectivity index (χ0) is 21.5. The van der Waals surface area contributed by atoms with Crippen molar-refractivity contribution >= 4 is 33.7 Å². The first kappa shape index (κ1) is 21.0. The first-order valence-corrected chi connectivity index (χ1v) is 11.0. The van der Waals surface area contributed by atoms with E-state index in [2.05, 4.69) is 15.3 Å². The number of thiazole rings is 2. The number of benzene rings is 1. The van der Waals surface area contributed by atoms with Crippen LogP contribution in [0.1, 0.15) is 21.8 Å². The van der Waals surface area contributed by atoms with Crippen molar-refractivity contribution in [3.63, 3.8) is 0 Å². The number of hydrogen-bond donors (Lipinski definition) is 1. The highest BCUT2D eigenvalue weighted by molar-refractivity contribution is 7.16. The van der Waals surface area contributed by atoms with Crippen LogP contribution in [0.5, 0.6) is 0 Å². The molecule has 0 atom stereocenters. The van der Waals surface area contributed by atoms with Crippen LogP contribution in [-0.4, -0.2) is 33.9 Å². The molecule has 0 spiro atoms. The van der Waals surface area contributed by atoms with Gasteiger partial charge in [0.15, 0.2) is 5.13 Å². The van der Waals surface area contributed by atoms with Crippen LogP contribution in [0.2, 0.25) is 0 Å². The zero-order valence-electron chi connectivity index (χ0n) is 16.3. The van der Waals surface area contributed by atoms with Gasteiger partial charge in [-0.3, -0.25) is 9.69 Å².